The first-order valence-electron chi connectivity index (χ1n) is 20.3. The molecule has 1 spiro atoms. The molecule has 13 rings (SSSR count). The molecule has 1 unspecified atom stereocenters. The van der Waals surface area contributed by atoms with E-state index in [1.54, 1.807) is 0 Å². The van der Waals surface area contributed by atoms with Crippen LogP contribution in [-0.4, -0.2) is 9.13 Å². The van der Waals surface area contributed by atoms with Crippen LogP contribution in [0.1, 0.15) is 22.3 Å². The van der Waals surface area contributed by atoms with E-state index in [0.29, 0.717) is 0 Å². The van der Waals surface area contributed by atoms with Crippen LogP contribution in [0.15, 0.2) is 222 Å². The molecular weight excluding hydrogens is 735 g/mol. The van der Waals surface area contributed by atoms with Gasteiger partial charge in [0, 0.05) is 54.1 Å². The minimum absolute atomic E-state index is 0.553. The molecule has 11 aromatic rings. The smallest absolute Gasteiger partial charge is 0.0765 e. The van der Waals surface area contributed by atoms with Crippen LogP contribution < -0.4 is 4.90 Å². The Morgan fingerprint density at radius 2 is 0.898 bits per heavy atom. The molecule has 4 heteroatoms. The lowest BCUT2D eigenvalue weighted by atomic mass is 9.62. The minimum atomic E-state index is -0.553. The Kier molecular flexibility index (Phi) is 6.87. The Labute approximate surface area is 346 Å². The van der Waals surface area contributed by atoms with Crippen molar-refractivity contribution in [1.82, 2.24) is 9.13 Å². The van der Waals surface area contributed by atoms with E-state index >= 15 is 0 Å². The number of fused-ring (bicyclic) bond motifs is 15. The van der Waals surface area contributed by atoms with E-state index in [1.165, 1.54) is 81.3 Å². The molecular formula is C55H35N3S. The van der Waals surface area contributed by atoms with Gasteiger partial charge in [0.2, 0.25) is 0 Å². The molecule has 4 heterocycles. The van der Waals surface area contributed by atoms with Crippen molar-refractivity contribution in [3.05, 3.63) is 235 Å². The predicted octanol–water partition coefficient (Wildman–Crippen LogP) is 14.5. The fraction of sp³-hybridized carbons (Fsp3) is 0.0182. The van der Waals surface area contributed by atoms with Crippen LogP contribution in [0.5, 0.6) is 0 Å². The zero-order valence-corrected chi connectivity index (χ0v) is 32.8. The molecule has 2 aliphatic rings. The molecule has 9 aromatic carbocycles. The van der Waals surface area contributed by atoms with Gasteiger partial charge in [0.15, 0.2) is 0 Å². The summed E-state index contributed by atoms with van der Waals surface area (Å²) in [6, 6.07) is 78.3. The Balaban J connectivity index is 1.11. The van der Waals surface area contributed by atoms with Crippen LogP contribution in [0.2, 0.25) is 0 Å². The highest BCUT2D eigenvalue weighted by Gasteiger charge is 2.50. The number of hydrogen-bond acceptors (Lipinski definition) is 2. The maximum Gasteiger partial charge on any atom is 0.0765 e. The van der Waals surface area contributed by atoms with Crippen molar-refractivity contribution in [2.24, 2.45) is 0 Å². The van der Waals surface area contributed by atoms with E-state index in [2.05, 4.69) is 226 Å². The third kappa shape index (κ3) is 4.39. The first-order chi connectivity index (χ1) is 29.3. The zero-order chi connectivity index (χ0) is 38.7. The van der Waals surface area contributed by atoms with Gasteiger partial charge in [0.1, 0.15) is 0 Å². The Bertz CT molecular complexity index is 3430. The molecule has 0 saturated carbocycles. The monoisotopic (exact) mass is 769 g/mol. The molecule has 1 atom stereocenters. The topological polar surface area (TPSA) is 13.1 Å². The lowest BCUT2D eigenvalue weighted by molar-refractivity contribution is 0.691. The largest absolute Gasteiger partial charge is 0.311 e. The zero-order valence-electron chi connectivity index (χ0n) is 32.0. The number of anilines is 3. The molecule has 0 aliphatic carbocycles. The summed E-state index contributed by atoms with van der Waals surface area (Å²) in [4.78, 5) is 4.92. The Morgan fingerprint density at radius 3 is 1.63 bits per heavy atom. The minimum Gasteiger partial charge on any atom is -0.311 e. The molecule has 2 aliphatic heterocycles. The van der Waals surface area contributed by atoms with Crippen molar-refractivity contribution in [2.75, 3.05) is 4.90 Å². The summed E-state index contributed by atoms with van der Waals surface area (Å²) in [5.41, 5.74) is 15.5. The van der Waals surface area contributed by atoms with Crippen LogP contribution in [0, 0.1) is 0 Å². The molecule has 0 bridgehead atoms. The van der Waals surface area contributed by atoms with Gasteiger partial charge in [-0.25, -0.2) is 0 Å². The van der Waals surface area contributed by atoms with Gasteiger partial charge in [-0.3, -0.25) is 0 Å². The summed E-state index contributed by atoms with van der Waals surface area (Å²) in [6.45, 7) is 0. The molecule has 3 nitrogen and oxygen atoms in total. The van der Waals surface area contributed by atoms with Gasteiger partial charge in [-0.2, -0.15) is 0 Å². The molecule has 0 saturated heterocycles. The molecule has 0 amide bonds. The summed E-state index contributed by atoms with van der Waals surface area (Å²) >= 11 is 1.92. The molecule has 0 N–H and O–H groups in total. The number of rotatable bonds is 4. The van der Waals surface area contributed by atoms with Crippen molar-refractivity contribution >= 4 is 72.4 Å². The maximum atomic E-state index is 2.52. The van der Waals surface area contributed by atoms with Crippen molar-refractivity contribution in [3.8, 4) is 11.4 Å². The number of hydrogen-bond donors (Lipinski definition) is 0. The quantitative estimate of drug-likeness (QED) is 0.177. The van der Waals surface area contributed by atoms with Gasteiger partial charge in [-0.15, -0.1) is 0 Å². The second kappa shape index (κ2) is 12.4. The Hall–Kier alpha value is -7.27. The average Bonchev–Trinajstić information content (AvgIpc) is 3.83. The lowest BCUT2D eigenvalue weighted by Gasteiger charge is -2.45. The number of para-hydroxylation sites is 6. The first-order valence-corrected chi connectivity index (χ1v) is 21.1. The van der Waals surface area contributed by atoms with Gasteiger partial charge in [-0.05, 0) is 95.1 Å². The standard InChI is InChI=1S/C55H35N3S/c1-3-16-36(17-4-1)56(37-18-5-2-6-19-37)38-30-32-39(33-31-38)57-48-26-11-7-21-41(48)43-34-35-47-54(53(43)57)59-51-29-14-10-24-45(51)55(47)44-23-9-13-28-50(44)58-49-27-12-8-20-40(49)42-22-15-25-46(55)52(42)58/h1-35H. The molecule has 0 radical (unpaired) electrons. The highest BCUT2D eigenvalue weighted by Crippen LogP contribution is 2.62. The second-order valence-corrected chi connectivity index (χ2v) is 16.7. The van der Waals surface area contributed by atoms with E-state index in [-0.39, 0.29) is 0 Å². The number of aromatic nitrogens is 2. The highest BCUT2D eigenvalue weighted by atomic mass is 32.2. The Morgan fingerprint density at radius 1 is 0.356 bits per heavy atom. The lowest BCUT2D eigenvalue weighted by Crippen LogP contribution is -2.37. The highest BCUT2D eigenvalue weighted by molar-refractivity contribution is 7.99. The fourth-order valence-electron chi connectivity index (χ4n) is 10.4. The van der Waals surface area contributed by atoms with Crippen LogP contribution in [0.3, 0.4) is 0 Å². The molecule has 59 heavy (non-hydrogen) atoms. The van der Waals surface area contributed by atoms with Crippen LogP contribution in [-0.2, 0) is 5.41 Å². The maximum absolute atomic E-state index is 2.52. The van der Waals surface area contributed by atoms with E-state index in [1.807, 2.05) is 11.8 Å². The fourth-order valence-corrected chi connectivity index (χ4v) is 11.8. The van der Waals surface area contributed by atoms with Crippen molar-refractivity contribution in [3.63, 3.8) is 0 Å². The first kappa shape index (κ1) is 32.8. The van der Waals surface area contributed by atoms with E-state index in [0.717, 1.165) is 22.7 Å². The third-order valence-electron chi connectivity index (χ3n) is 12.7. The number of nitrogens with zero attached hydrogens (tertiary/aromatic N) is 3. The van der Waals surface area contributed by atoms with Crippen molar-refractivity contribution < 1.29 is 0 Å². The van der Waals surface area contributed by atoms with Crippen LogP contribution in [0.25, 0.3) is 55.0 Å². The number of benzene rings is 9. The van der Waals surface area contributed by atoms with Gasteiger partial charge in [-0.1, -0.05) is 151 Å². The van der Waals surface area contributed by atoms with E-state index < -0.39 is 5.41 Å². The summed E-state index contributed by atoms with van der Waals surface area (Å²) in [5, 5.41) is 5.09. The summed E-state index contributed by atoms with van der Waals surface area (Å²) in [7, 11) is 0. The van der Waals surface area contributed by atoms with E-state index in [9.17, 15) is 0 Å². The van der Waals surface area contributed by atoms with Crippen LogP contribution >= 0.6 is 11.8 Å². The second-order valence-electron chi connectivity index (χ2n) is 15.6. The van der Waals surface area contributed by atoms with Gasteiger partial charge in [0.25, 0.3) is 0 Å². The van der Waals surface area contributed by atoms with Crippen LogP contribution in [0.4, 0.5) is 17.1 Å². The normalized spacial score (nSPS) is 15.1. The van der Waals surface area contributed by atoms with E-state index in [4.69, 9.17) is 0 Å². The average molecular weight is 770 g/mol. The third-order valence-corrected chi connectivity index (χ3v) is 13.9. The van der Waals surface area contributed by atoms with Gasteiger partial charge < -0.3 is 14.0 Å². The molecule has 276 valence electrons. The predicted molar refractivity (Wildman–Crippen MR) is 246 cm³/mol. The van der Waals surface area contributed by atoms with Crippen molar-refractivity contribution in [1.29, 1.82) is 0 Å². The van der Waals surface area contributed by atoms with Gasteiger partial charge >= 0.3 is 0 Å². The summed E-state index contributed by atoms with van der Waals surface area (Å²) in [5.74, 6) is 0. The molecule has 0 fully saturated rings. The van der Waals surface area contributed by atoms with Gasteiger partial charge in [0.05, 0.1) is 33.2 Å². The summed E-state index contributed by atoms with van der Waals surface area (Å²) < 4.78 is 5.04. The van der Waals surface area contributed by atoms with Crippen molar-refractivity contribution in [2.45, 2.75) is 15.2 Å². The SMILES string of the molecule is c1ccc(N(c2ccccc2)c2ccc(-n3c4ccccc4c4ccc5c(c43)Sc3ccccc3C53c4ccccc4-n4c5ccccc5c5cccc3c54)cc2)cc1. The summed E-state index contributed by atoms with van der Waals surface area (Å²) in [6.07, 6.45) is 0. The molecule has 2 aromatic heterocycles.